The Morgan fingerprint density at radius 3 is 2.23 bits per heavy atom. The van der Waals surface area contributed by atoms with Crippen LogP contribution in [0.15, 0.2) is 47.1 Å². The molecule has 9 nitrogen and oxygen atoms in total. The fourth-order valence-electron chi connectivity index (χ4n) is 3.65. The maximum absolute atomic E-state index is 12.7. The number of piperazine rings is 1. The van der Waals surface area contributed by atoms with Crippen molar-refractivity contribution in [3.05, 3.63) is 48.4 Å². The number of benzene rings is 1. The lowest BCUT2D eigenvalue weighted by Gasteiger charge is -2.34. The number of morpholine rings is 1. The van der Waals surface area contributed by atoms with Crippen molar-refractivity contribution in [3.63, 3.8) is 0 Å². The van der Waals surface area contributed by atoms with Crippen molar-refractivity contribution in [1.82, 2.24) is 9.80 Å². The van der Waals surface area contributed by atoms with E-state index in [0.29, 0.717) is 45.1 Å². The zero-order valence-corrected chi connectivity index (χ0v) is 16.6. The van der Waals surface area contributed by atoms with Gasteiger partial charge in [-0.05, 0) is 24.3 Å². The highest BCUT2D eigenvalue weighted by atomic mass is 16.5. The molecule has 2 saturated heterocycles. The molecule has 4 rings (SSSR count). The van der Waals surface area contributed by atoms with Gasteiger partial charge in [-0.3, -0.25) is 14.4 Å². The van der Waals surface area contributed by atoms with Gasteiger partial charge in [0.25, 0.3) is 5.91 Å². The van der Waals surface area contributed by atoms with Gasteiger partial charge < -0.3 is 29.2 Å². The number of ether oxygens (including phenoxy) is 1. The van der Waals surface area contributed by atoms with Crippen LogP contribution in [0.25, 0.3) is 0 Å². The number of hydrogen-bond donors (Lipinski definition) is 1. The summed E-state index contributed by atoms with van der Waals surface area (Å²) in [7, 11) is 0. The summed E-state index contributed by atoms with van der Waals surface area (Å²) in [6.07, 6.45) is 1.45. The first-order valence-corrected chi connectivity index (χ1v) is 9.98. The Labute approximate surface area is 174 Å². The van der Waals surface area contributed by atoms with Gasteiger partial charge in [-0.1, -0.05) is 12.1 Å². The first-order chi connectivity index (χ1) is 14.6. The lowest BCUT2D eigenvalue weighted by atomic mass is 10.2. The lowest BCUT2D eigenvalue weighted by molar-refractivity contribution is -0.144. The van der Waals surface area contributed by atoms with Crippen LogP contribution in [0.5, 0.6) is 0 Å². The molecule has 30 heavy (non-hydrogen) atoms. The molecule has 0 radical (unpaired) electrons. The van der Waals surface area contributed by atoms with Gasteiger partial charge in [0.1, 0.15) is 0 Å². The van der Waals surface area contributed by atoms with E-state index in [1.165, 1.54) is 11.2 Å². The number of furan rings is 1. The Morgan fingerprint density at radius 2 is 1.53 bits per heavy atom. The van der Waals surface area contributed by atoms with Crippen LogP contribution >= 0.6 is 0 Å². The van der Waals surface area contributed by atoms with Gasteiger partial charge in [0.2, 0.25) is 0 Å². The van der Waals surface area contributed by atoms with E-state index in [2.05, 4.69) is 10.2 Å². The molecule has 3 amide bonds. The second kappa shape index (κ2) is 9.00. The molecule has 2 aliphatic rings. The van der Waals surface area contributed by atoms with Crippen molar-refractivity contribution >= 4 is 29.1 Å². The van der Waals surface area contributed by atoms with E-state index in [1.54, 1.807) is 23.1 Å². The Balaban J connectivity index is 1.35. The molecule has 0 bridgehead atoms. The number of anilines is 2. The minimum absolute atomic E-state index is 0.212. The average molecular weight is 412 g/mol. The molecule has 0 atom stereocenters. The van der Waals surface area contributed by atoms with Crippen molar-refractivity contribution in [2.45, 2.75) is 0 Å². The molecule has 1 aromatic carbocycles. The van der Waals surface area contributed by atoms with Crippen LogP contribution in [0.1, 0.15) is 10.6 Å². The predicted molar refractivity (Wildman–Crippen MR) is 109 cm³/mol. The van der Waals surface area contributed by atoms with Crippen molar-refractivity contribution in [2.24, 2.45) is 0 Å². The molecule has 0 saturated carbocycles. The quantitative estimate of drug-likeness (QED) is 0.757. The zero-order chi connectivity index (χ0) is 20.9. The lowest BCUT2D eigenvalue weighted by Crippen LogP contribution is -2.53. The average Bonchev–Trinajstić information content (AvgIpc) is 3.34. The molecule has 1 aromatic heterocycles. The molecule has 1 N–H and O–H groups in total. The molecule has 2 aromatic rings. The Kier molecular flexibility index (Phi) is 5.99. The van der Waals surface area contributed by atoms with Crippen molar-refractivity contribution in [2.75, 3.05) is 62.7 Å². The molecule has 158 valence electrons. The van der Waals surface area contributed by atoms with Crippen LogP contribution in [-0.2, 0) is 14.3 Å². The summed E-state index contributed by atoms with van der Waals surface area (Å²) < 4.78 is 10.5. The van der Waals surface area contributed by atoms with Crippen LogP contribution in [-0.4, -0.2) is 80.0 Å². The number of carbonyl (C=O) groups is 3. The molecule has 2 aliphatic heterocycles. The fourth-order valence-corrected chi connectivity index (χ4v) is 3.65. The van der Waals surface area contributed by atoms with E-state index in [-0.39, 0.29) is 11.7 Å². The molecule has 0 unspecified atom stereocenters. The molecule has 9 heteroatoms. The fraction of sp³-hybridized carbons (Fsp3) is 0.381. The second-order valence-electron chi connectivity index (χ2n) is 7.13. The zero-order valence-electron chi connectivity index (χ0n) is 16.6. The Hall–Kier alpha value is -3.33. The SMILES string of the molecule is O=C(Nc1ccccc1N1CCOCC1)C(=O)N1CCN(C(=O)c2ccco2)CC1. The van der Waals surface area contributed by atoms with E-state index in [1.807, 2.05) is 18.2 Å². The van der Waals surface area contributed by atoms with Crippen LogP contribution in [0.3, 0.4) is 0 Å². The largest absolute Gasteiger partial charge is 0.459 e. The number of para-hydroxylation sites is 2. The second-order valence-corrected chi connectivity index (χ2v) is 7.13. The number of hydrogen-bond acceptors (Lipinski definition) is 6. The topological polar surface area (TPSA) is 95.3 Å². The van der Waals surface area contributed by atoms with Crippen LogP contribution < -0.4 is 10.2 Å². The first-order valence-electron chi connectivity index (χ1n) is 9.98. The minimum atomic E-state index is -0.679. The summed E-state index contributed by atoms with van der Waals surface area (Å²) in [6, 6.07) is 10.7. The van der Waals surface area contributed by atoms with Crippen molar-refractivity contribution in [3.8, 4) is 0 Å². The predicted octanol–water partition coefficient (Wildman–Crippen LogP) is 1.04. The smallest absolute Gasteiger partial charge is 0.313 e. The maximum Gasteiger partial charge on any atom is 0.313 e. The number of carbonyl (C=O) groups excluding carboxylic acids is 3. The summed E-state index contributed by atoms with van der Waals surface area (Å²) in [5.74, 6) is -1.22. The van der Waals surface area contributed by atoms with Gasteiger partial charge in [0.15, 0.2) is 5.76 Å². The van der Waals surface area contributed by atoms with Crippen LogP contribution in [0.2, 0.25) is 0 Å². The molecule has 0 spiro atoms. The van der Waals surface area contributed by atoms with Crippen LogP contribution in [0.4, 0.5) is 11.4 Å². The molecular weight excluding hydrogens is 388 g/mol. The molecular formula is C21H24N4O5. The Bertz CT molecular complexity index is 900. The standard InChI is InChI=1S/C21H24N4O5/c26-19(22-16-4-1-2-5-17(16)23-11-14-29-15-12-23)21(28)25-9-7-24(8-10-25)20(27)18-6-3-13-30-18/h1-6,13H,7-12,14-15H2,(H,22,26). The molecule has 0 aliphatic carbocycles. The molecule has 2 fully saturated rings. The van der Waals surface area contributed by atoms with E-state index in [4.69, 9.17) is 9.15 Å². The highest BCUT2D eigenvalue weighted by Crippen LogP contribution is 2.26. The van der Waals surface area contributed by atoms with Crippen molar-refractivity contribution in [1.29, 1.82) is 0 Å². The first kappa shape index (κ1) is 20.0. The number of amides is 3. The van der Waals surface area contributed by atoms with Crippen molar-refractivity contribution < 1.29 is 23.5 Å². The maximum atomic E-state index is 12.7. The highest BCUT2D eigenvalue weighted by molar-refractivity contribution is 6.39. The third-order valence-electron chi connectivity index (χ3n) is 5.28. The van der Waals surface area contributed by atoms with Gasteiger partial charge in [-0.2, -0.15) is 0 Å². The third-order valence-corrected chi connectivity index (χ3v) is 5.28. The van der Waals surface area contributed by atoms with Gasteiger partial charge in [-0.25, -0.2) is 0 Å². The van der Waals surface area contributed by atoms with Gasteiger partial charge in [-0.15, -0.1) is 0 Å². The number of rotatable bonds is 3. The van der Waals surface area contributed by atoms with Gasteiger partial charge in [0, 0.05) is 39.3 Å². The van der Waals surface area contributed by atoms with E-state index < -0.39 is 11.8 Å². The van der Waals surface area contributed by atoms with Crippen LogP contribution in [0, 0.1) is 0 Å². The molecule has 3 heterocycles. The summed E-state index contributed by atoms with van der Waals surface area (Å²) >= 11 is 0. The highest BCUT2D eigenvalue weighted by Gasteiger charge is 2.29. The normalized spacial score (nSPS) is 17.0. The summed E-state index contributed by atoms with van der Waals surface area (Å²) in [5, 5.41) is 2.75. The minimum Gasteiger partial charge on any atom is -0.459 e. The number of nitrogens with zero attached hydrogens (tertiary/aromatic N) is 3. The summed E-state index contributed by atoms with van der Waals surface area (Å²) in [6.45, 7) is 4.00. The van der Waals surface area contributed by atoms with E-state index in [9.17, 15) is 14.4 Å². The number of nitrogens with one attached hydrogen (secondary N) is 1. The van der Waals surface area contributed by atoms with E-state index >= 15 is 0 Å². The Morgan fingerprint density at radius 1 is 0.833 bits per heavy atom. The van der Waals surface area contributed by atoms with Gasteiger partial charge >= 0.3 is 11.8 Å². The third kappa shape index (κ3) is 4.30. The van der Waals surface area contributed by atoms with Gasteiger partial charge in [0.05, 0.1) is 30.9 Å². The summed E-state index contributed by atoms with van der Waals surface area (Å²) in [5.41, 5.74) is 1.47. The van der Waals surface area contributed by atoms with E-state index in [0.717, 1.165) is 18.8 Å². The monoisotopic (exact) mass is 412 g/mol. The summed E-state index contributed by atoms with van der Waals surface area (Å²) in [4.78, 5) is 42.8.